The molecule has 76 valence electrons. The smallest absolute Gasteiger partial charge is 0.266 e. The number of amides is 1. The lowest BCUT2D eigenvalue weighted by Gasteiger charge is -2.05. The second-order valence-electron chi connectivity index (χ2n) is 2.78. The Hall–Kier alpha value is -1.72. The Morgan fingerprint density at radius 3 is 2.57 bits per heavy atom. The minimum atomic E-state index is -2.84. The average Bonchev–Trinajstić information content (AvgIpc) is 2.08. The number of pyridine rings is 1. The molecule has 0 radical (unpaired) electrons. The normalized spacial score (nSPS) is 10.6. The summed E-state index contributed by atoms with van der Waals surface area (Å²) in [6.45, 7) is 1.37. The van der Waals surface area contributed by atoms with E-state index < -0.39 is 29.1 Å². The molecule has 1 aromatic rings. The molecule has 0 spiro atoms. The summed E-state index contributed by atoms with van der Waals surface area (Å²) in [4.78, 5) is 23.7. The zero-order valence-corrected chi connectivity index (χ0v) is 7.30. The van der Waals surface area contributed by atoms with Crippen molar-refractivity contribution < 1.29 is 13.6 Å². The van der Waals surface area contributed by atoms with E-state index in [1.807, 2.05) is 4.98 Å². The third kappa shape index (κ3) is 1.78. The van der Waals surface area contributed by atoms with Gasteiger partial charge in [-0.25, -0.2) is 8.78 Å². The number of aromatic amines is 1. The Balaban J connectivity index is 3.47. The number of hydrogen-bond acceptors (Lipinski definition) is 2. The number of primary amides is 1. The van der Waals surface area contributed by atoms with Crippen LogP contribution in [-0.2, 0) is 0 Å². The number of H-pyrrole nitrogens is 1. The van der Waals surface area contributed by atoms with Crippen LogP contribution in [0.3, 0.4) is 0 Å². The number of aromatic nitrogens is 1. The predicted molar refractivity (Wildman–Crippen MR) is 45.3 cm³/mol. The van der Waals surface area contributed by atoms with E-state index in [4.69, 9.17) is 5.73 Å². The summed E-state index contributed by atoms with van der Waals surface area (Å²) in [6.07, 6.45) is -2.84. The Bertz CT molecular complexity index is 426. The Morgan fingerprint density at radius 2 is 2.14 bits per heavy atom. The van der Waals surface area contributed by atoms with Gasteiger partial charge >= 0.3 is 0 Å². The van der Waals surface area contributed by atoms with E-state index in [1.54, 1.807) is 0 Å². The average molecular weight is 202 g/mol. The molecule has 0 saturated carbocycles. The summed E-state index contributed by atoms with van der Waals surface area (Å²) in [7, 11) is 0. The van der Waals surface area contributed by atoms with Gasteiger partial charge in [-0.05, 0) is 13.0 Å². The molecule has 0 aliphatic heterocycles. The number of alkyl halides is 2. The van der Waals surface area contributed by atoms with Crippen molar-refractivity contribution in [3.8, 4) is 0 Å². The molecule has 0 saturated heterocycles. The molecule has 0 fully saturated rings. The molecule has 1 heterocycles. The molecule has 6 heteroatoms. The zero-order valence-electron chi connectivity index (χ0n) is 7.30. The van der Waals surface area contributed by atoms with Crippen molar-refractivity contribution in [2.75, 3.05) is 0 Å². The van der Waals surface area contributed by atoms with Gasteiger partial charge in [0.2, 0.25) is 0 Å². The van der Waals surface area contributed by atoms with Crippen molar-refractivity contribution in [1.82, 2.24) is 4.98 Å². The second kappa shape index (κ2) is 3.57. The molecule has 1 rings (SSSR count). The molecule has 0 aliphatic rings. The lowest BCUT2D eigenvalue weighted by molar-refractivity contribution is 0.0979. The number of halogens is 2. The van der Waals surface area contributed by atoms with Crippen molar-refractivity contribution >= 4 is 5.91 Å². The molecule has 1 amide bonds. The van der Waals surface area contributed by atoms with Gasteiger partial charge in [0.1, 0.15) is 5.69 Å². The summed E-state index contributed by atoms with van der Waals surface area (Å²) >= 11 is 0. The van der Waals surface area contributed by atoms with E-state index in [0.29, 0.717) is 0 Å². The van der Waals surface area contributed by atoms with Gasteiger partial charge in [0.05, 0.1) is 0 Å². The van der Waals surface area contributed by atoms with Crippen molar-refractivity contribution in [1.29, 1.82) is 0 Å². The van der Waals surface area contributed by atoms with Crippen LogP contribution in [0.25, 0.3) is 0 Å². The molecule has 4 nitrogen and oxygen atoms in total. The van der Waals surface area contributed by atoms with Gasteiger partial charge in [-0.2, -0.15) is 0 Å². The van der Waals surface area contributed by atoms with E-state index in [1.165, 1.54) is 6.92 Å². The quantitative estimate of drug-likeness (QED) is 0.741. The molecular formula is C8H8F2N2O2. The fourth-order valence-electron chi connectivity index (χ4n) is 1.03. The van der Waals surface area contributed by atoms with E-state index >= 15 is 0 Å². The standard InChI is InChI=1S/C8H8F2N2O2/c1-3-2-4(6(9)10)5(7(11)13)12-8(3)14/h2,6H,1H3,(H2,11,13)(H,12,14). The van der Waals surface area contributed by atoms with Crippen LogP contribution >= 0.6 is 0 Å². The maximum absolute atomic E-state index is 12.4. The van der Waals surface area contributed by atoms with Gasteiger partial charge in [-0.15, -0.1) is 0 Å². The number of rotatable bonds is 2. The van der Waals surface area contributed by atoms with Crippen molar-refractivity contribution in [2.45, 2.75) is 13.3 Å². The van der Waals surface area contributed by atoms with Gasteiger partial charge in [0.25, 0.3) is 17.9 Å². The van der Waals surface area contributed by atoms with Crippen LogP contribution in [0.2, 0.25) is 0 Å². The van der Waals surface area contributed by atoms with E-state index in [9.17, 15) is 18.4 Å². The summed E-state index contributed by atoms with van der Waals surface area (Å²) in [5.74, 6) is -1.07. The van der Waals surface area contributed by atoms with E-state index in [2.05, 4.69) is 0 Å². The number of nitrogens with one attached hydrogen (secondary N) is 1. The third-order valence-corrected chi connectivity index (χ3v) is 1.74. The molecule has 0 bridgehead atoms. The van der Waals surface area contributed by atoms with Crippen LogP contribution in [-0.4, -0.2) is 10.9 Å². The highest BCUT2D eigenvalue weighted by Gasteiger charge is 2.18. The van der Waals surface area contributed by atoms with Crippen molar-refractivity contribution in [2.24, 2.45) is 5.73 Å². The third-order valence-electron chi connectivity index (χ3n) is 1.74. The summed E-state index contributed by atoms with van der Waals surface area (Å²) in [6, 6.07) is 0.962. The topological polar surface area (TPSA) is 76.0 Å². The molecule has 0 aromatic carbocycles. The number of carbonyl (C=O) groups excluding carboxylic acids is 1. The van der Waals surface area contributed by atoms with Gasteiger partial charge in [-0.1, -0.05) is 0 Å². The predicted octanol–water partition coefficient (Wildman–Crippen LogP) is 0.720. The maximum atomic E-state index is 12.4. The molecule has 1 aromatic heterocycles. The van der Waals surface area contributed by atoms with Crippen LogP contribution in [0.4, 0.5) is 8.78 Å². The summed E-state index contributed by atoms with van der Waals surface area (Å²) in [5, 5.41) is 0. The Kier molecular flexibility index (Phi) is 2.64. The van der Waals surface area contributed by atoms with Crippen LogP contribution in [0.15, 0.2) is 10.9 Å². The van der Waals surface area contributed by atoms with Crippen LogP contribution < -0.4 is 11.3 Å². The lowest BCUT2D eigenvalue weighted by atomic mass is 10.1. The fraction of sp³-hybridized carbons (Fsp3) is 0.250. The largest absolute Gasteiger partial charge is 0.364 e. The summed E-state index contributed by atoms with van der Waals surface area (Å²) in [5.41, 5.74) is 3.27. The minimum Gasteiger partial charge on any atom is -0.364 e. The van der Waals surface area contributed by atoms with Crippen molar-refractivity contribution in [3.63, 3.8) is 0 Å². The van der Waals surface area contributed by atoms with Gasteiger partial charge in [-0.3, -0.25) is 9.59 Å². The molecule has 0 atom stereocenters. The van der Waals surface area contributed by atoms with Gasteiger partial charge < -0.3 is 10.7 Å². The molecule has 14 heavy (non-hydrogen) atoms. The number of nitrogens with two attached hydrogens (primary N) is 1. The number of aryl methyl sites for hydroxylation is 1. The van der Waals surface area contributed by atoms with Crippen LogP contribution in [0.1, 0.15) is 28.0 Å². The number of carbonyl (C=O) groups is 1. The highest BCUT2D eigenvalue weighted by atomic mass is 19.3. The first-order valence-corrected chi connectivity index (χ1v) is 3.75. The molecule has 0 aliphatic carbocycles. The highest BCUT2D eigenvalue weighted by molar-refractivity contribution is 5.92. The Labute approximate surface area is 77.7 Å². The van der Waals surface area contributed by atoms with Gasteiger partial charge in [0.15, 0.2) is 0 Å². The summed E-state index contributed by atoms with van der Waals surface area (Å²) < 4.78 is 24.7. The first-order valence-electron chi connectivity index (χ1n) is 3.75. The monoisotopic (exact) mass is 202 g/mol. The van der Waals surface area contributed by atoms with Gasteiger partial charge in [0, 0.05) is 11.1 Å². The number of hydrogen-bond donors (Lipinski definition) is 2. The highest BCUT2D eigenvalue weighted by Crippen LogP contribution is 2.20. The first kappa shape index (κ1) is 10.4. The van der Waals surface area contributed by atoms with E-state index in [0.717, 1.165) is 6.07 Å². The van der Waals surface area contributed by atoms with Crippen LogP contribution in [0, 0.1) is 6.92 Å². The maximum Gasteiger partial charge on any atom is 0.266 e. The Morgan fingerprint density at radius 1 is 1.57 bits per heavy atom. The fourth-order valence-corrected chi connectivity index (χ4v) is 1.03. The SMILES string of the molecule is Cc1cc(C(F)F)c(C(N)=O)[nH]c1=O. The molecule has 3 N–H and O–H groups in total. The molecular weight excluding hydrogens is 194 g/mol. The van der Waals surface area contributed by atoms with Crippen LogP contribution in [0.5, 0.6) is 0 Å². The zero-order chi connectivity index (χ0) is 10.9. The second-order valence-corrected chi connectivity index (χ2v) is 2.78. The van der Waals surface area contributed by atoms with E-state index in [-0.39, 0.29) is 5.56 Å². The molecule has 0 unspecified atom stereocenters. The first-order chi connectivity index (χ1) is 6.43. The lowest BCUT2D eigenvalue weighted by Crippen LogP contribution is -2.22. The van der Waals surface area contributed by atoms with Crippen molar-refractivity contribution in [3.05, 3.63) is 33.2 Å². The minimum absolute atomic E-state index is 0.116.